The topological polar surface area (TPSA) is 99.4 Å². The second-order valence-corrected chi connectivity index (χ2v) is 7.75. The van der Waals surface area contributed by atoms with Crippen molar-refractivity contribution in [2.45, 2.75) is 12.8 Å². The Kier molecular flexibility index (Phi) is 7.42. The maximum atomic E-state index is 12.9. The highest BCUT2D eigenvalue weighted by Crippen LogP contribution is 2.32. The minimum atomic E-state index is -0.236. The molecule has 0 aliphatic heterocycles. The molecule has 0 aliphatic rings. The molecule has 0 fully saturated rings. The molecule has 3 heterocycles. The molecule has 0 amide bonds. The van der Waals surface area contributed by atoms with Crippen LogP contribution < -0.4 is 14.2 Å². The molecular formula is C27H26N2O6. The highest BCUT2D eigenvalue weighted by atomic mass is 16.5. The zero-order valence-electron chi connectivity index (χ0n) is 19.6. The van der Waals surface area contributed by atoms with E-state index in [4.69, 9.17) is 19.3 Å². The molecule has 1 N–H and O–H groups in total. The summed E-state index contributed by atoms with van der Waals surface area (Å²) >= 11 is 0. The lowest BCUT2D eigenvalue weighted by Gasteiger charge is -2.11. The molecule has 4 aromatic rings. The number of methoxy groups -OCH3 is 2. The second kappa shape index (κ2) is 10.8. The van der Waals surface area contributed by atoms with Crippen LogP contribution in [0.1, 0.15) is 33.7 Å². The average Bonchev–Trinajstić information content (AvgIpc) is 3.33. The highest BCUT2D eigenvalue weighted by molar-refractivity contribution is 6.02. The van der Waals surface area contributed by atoms with E-state index in [1.165, 1.54) is 7.11 Å². The quantitative estimate of drug-likeness (QED) is 0.325. The third-order valence-corrected chi connectivity index (χ3v) is 5.60. The van der Waals surface area contributed by atoms with Crippen molar-refractivity contribution < 1.29 is 28.9 Å². The molecule has 0 saturated heterocycles. The lowest BCUT2D eigenvalue weighted by molar-refractivity contribution is 0.0914. The summed E-state index contributed by atoms with van der Waals surface area (Å²) in [5.41, 5.74) is 3.05. The van der Waals surface area contributed by atoms with Crippen LogP contribution in [-0.2, 0) is 0 Å². The Bertz CT molecular complexity index is 1360. The Morgan fingerprint density at radius 2 is 1.66 bits per heavy atom. The van der Waals surface area contributed by atoms with Gasteiger partial charge in [-0.1, -0.05) is 6.07 Å². The number of aliphatic hydroxyl groups is 1. The number of hydrogen-bond donors (Lipinski definition) is 1. The fourth-order valence-corrected chi connectivity index (χ4v) is 3.83. The Morgan fingerprint density at radius 1 is 0.886 bits per heavy atom. The van der Waals surface area contributed by atoms with Crippen LogP contribution in [0.4, 0.5) is 0 Å². The van der Waals surface area contributed by atoms with Crippen molar-refractivity contribution in [2.24, 2.45) is 0 Å². The first-order valence-corrected chi connectivity index (χ1v) is 11.1. The van der Waals surface area contributed by atoms with Gasteiger partial charge in [0.25, 0.3) is 0 Å². The zero-order chi connectivity index (χ0) is 24.8. The molecule has 180 valence electrons. The molecular weight excluding hydrogens is 448 g/mol. The summed E-state index contributed by atoms with van der Waals surface area (Å²) in [4.78, 5) is 30.3. The first kappa shape index (κ1) is 24.0. The highest BCUT2D eigenvalue weighted by Gasteiger charge is 2.18. The predicted molar refractivity (Wildman–Crippen MR) is 131 cm³/mol. The maximum absolute atomic E-state index is 12.9. The zero-order valence-corrected chi connectivity index (χ0v) is 19.6. The molecule has 0 spiro atoms. The first-order valence-electron chi connectivity index (χ1n) is 11.1. The van der Waals surface area contributed by atoms with Gasteiger partial charge in [-0.15, -0.1) is 0 Å². The van der Waals surface area contributed by atoms with Crippen LogP contribution in [0.2, 0.25) is 0 Å². The van der Waals surface area contributed by atoms with E-state index in [0.29, 0.717) is 28.5 Å². The lowest BCUT2D eigenvalue weighted by Crippen LogP contribution is -2.08. The van der Waals surface area contributed by atoms with Crippen molar-refractivity contribution in [3.63, 3.8) is 0 Å². The number of aromatic nitrogens is 2. The van der Waals surface area contributed by atoms with Crippen LogP contribution in [0.25, 0.3) is 16.8 Å². The van der Waals surface area contributed by atoms with E-state index in [-0.39, 0.29) is 43.3 Å². The van der Waals surface area contributed by atoms with Gasteiger partial charge in [-0.3, -0.25) is 9.59 Å². The molecule has 0 aliphatic carbocycles. The van der Waals surface area contributed by atoms with E-state index in [9.17, 15) is 9.59 Å². The number of benzene rings is 1. The Labute approximate surface area is 202 Å². The van der Waals surface area contributed by atoms with Crippen molar-refractivity contribution in [1.29, 1.82) is 0 Å². The number of ether oxygens (including phenoxy) is 3. The number of aliphatic hydroxyl groups excluding tert-OH is 1. The van der Waals surface area contributed by atoms with Gasteiger partial charge in [-0.05, 0) is 48.5 Å². The summed E-state index contributed by atoms with van der Waals surface area (Å²) in [6.45, 7) is -0.0117. The molecule has 4 rings (SSSR count). The molecule has 1 aromatic carbocycles. The number of carbonyl (C=O) groups is 2. The summed E-state index contributed by atoms with van der Waals surface area (Å²) in [7, 11) is 3.04. The van der Waals surface area contributed by atoms with Crippen molar-refractivity contribution in [3.05, 3.63) is 78.2 Å². The fourth-order valence-electron chi connectivity index (χ4n) is 3.83. The number of ketones is 2. The van der Waals surface area contributed by atoms with Gasteiger partial charge in [-0.25, -0.2) is 4.98 Å². The third-order valence-electron chi connectivity index (χ3n) is 5.60. The fraction of sp³-hybridized carbons (Fsp3) is 0.222. The first-order chi connectivity index (χ1) is 17.0. The summed E-state index contributed by atoms with van der Waals surface area (Å²) in [5.74, 6) is 0.947. The van der Waals surface area contributed by atoms with E-state index in [0.717, 1.165) is 11.1 Å². The minimum absolute atomic E-state index is 0.0131. The van der Waals surface area contributed by atoms with Crippen molar-refractivity contribution in [2.75, 3.05) is 27.4 Å². The van der Waals surface area contributed by atoms with E-state index < -0.39 is 0 Å². The van der Waals surface area contributed by atoms with Crippen LogP contribution in [0, 0.1) is 0 Å². The Morgan fingerprint density at radius 3 is 2.43 bits per heavy atom. The van der Waals surface area contributed by atoms with Crippen LogP contribution in [0.5, 0.6) is 17.2 Å². The molecule has 35 heavy (non-hydrogen) atoms. The van der Waals surface area contributed by atoms with Gasteiger partial charge in [0.15, 0.2) is 23.1 Å². The predicted octanol–water partition coefficient (Wildman–Crippen LogP) is 4.24. The van der Waals surface area contributed by atoms with Gasteiger partial charge >= 0.3 is 0 Å². The average molecular weight is 475 g/mol. The van der Waals surface area contributed by atoms with Crippen LogP contribution >= 0.6 is 0 Å². The van der Waals surface area contributed by atoms with Crippen LogP contribution in [0.3, 0.4) is 0 Å². The SMILES string of the molecule is COc1cc(C(=O)CCC(=O)c2ccc(OC)c(-c3ccn4ccccc34)n2)ccc1OCCO. The van der Waals surface area contributed by atoms with Crippen LogP contribution in [0.15, 0.2) is 67.0 Å². The molecule has 0 radical (unpaired) electrons. The van der Waals surface area contributed by atoms with Gasteiger partial charge in [0.2, 0.25) is 0 Å². The van der Waals surface area contributed by atoms with Crippen molar-refractivity contribution >= 4 is 17.1 Å². The molecule has 3 aromatic heterocycles. The van der Waals surface area contributed by atoms with E-state index in [2.05, 4.69) is 4.98 Å². The number of hydrogen-bond acceptors (Lipinski definition) is 7. The van der Waals surface area contributed by atoms with Gasteiger partial charge in [0.05, 0.1) is 26.3 Å². The van der Waals surface area contributed by atoms with E-state index in [1.807, 2.05) is 41.1 Å². The smallest absolute Gasteiger partial charge is 0.181 e. The molecule has 0 bridgehead atoms. The number of nitrogens with zero attached hydrogens (tertiary/aromatic N) is 2. The lowest BCUT2D eigenvalue weighted by atomic mass is 10.0. The number of fused-ring (bicyclic) bond motifs is 1. The summed E-state index contributed by atoms with van der Waals surface area (Å²) in [6, 6.07) is 15.9. The molecule has 0 atom stereocenters. The number of carbonyl (C=O) groups excluding carboxylic acids is 2. The van der Waals surface area contributed by atoms with E-state index in [1.54, 1.807) is 37.4 Å². The summed E-state index contributed by atoms with van der Waals surface area (Å²) in [6.07, 6.45) is 3.90. The molecule has 8 nitrogen and oxygen atoms in total. The third kappa shape index (κ3) is 5.17. The van der Waals surface area contributed by atoms with E-state index >= 15 is 0 Å². The number of Topliss-reactive ketones (excluding diaryl/α,β-unsaturated/α-hetero) is 2. The largest absolute Gasteiger partial charge is 0.494 e. The standard InChI is InChI=1S/C27H26N2O6/c1-33-25-11-7-20(28-27(25)19-12-14-29-13-4-3-5-21(19)29)23(32)9-8-22(31)18-6-10-24(35-16-15-30)26(17-18)34-2/h3-7,10-14,17,30H,8-9,15-16H2,1-2H3. The van der Waals surface area contributed by atoms with Crippen LogP contribution in [-0.4, -0.2) is 53.5 Å². The number of pyridine rings is 2. The summed E-state index contributed by atoms with van der Waals surface area (Å²) in [5, 5.41) is 8.93. The van der Waals surface area contributed by atoms with Gasteiger partial charge < -0.3 is 23.7 Å². The molecule has 8 heteroatoms. The summed E-state index contributed by atoms with van der Waals surface area (Å²) < 4.78 is 18.1. The van der Waals surface area contributed by atoms with Gasteiger partial charge in [-0.2, -0.15) is 0 Å². The second-order valence-electron chi connectivity index (χ2n) is 7.75. The van der Waals surface area contributed by atoms with Gasteiger partial charge in [0.1, 0.15) is 23.7 Å². The number of rotatable bonds is 11. The molecule has 0 saturated carbocycles. The maximum Gasteiger partial charge on any atom is 0.181 e. The van der Waals surface area contributed by atoms with Gasteiger partial charge in [0, 0.05) is 36.4 Å². The Balaban J connectivity index is 1.51. The normalized spacial score (nSPS) is 10.8. The Hall–Kier alpha value is -4.17. The minimum Gasteiger partial charge on any atom is -0.494 e. The molecule has 0 unspecified atom stereocenters. The van der Waals surface area contributed by atoms with Crippen molar-refractivity contribution in [3.8, 4) is 28.5 Å². The monoisotopic (exact) mass is 474 g/mol. The van der Waals surface area contributed by atoms with Crippen molar-refractivity contribution in [1.82, 2.24) is 9.38 Å².